The Kier molecular flexibility index (Phi) is 5.02. The number of methoxy groups -OCH3 is 1. The molecule has 2 aromatic carbocycles. The van der Waals surface area contributed by atoms with E-state index in [1.807, 2.05) is 67.6 Å². The number of amides is 1. The van der Waals surface area contributed by atoms with Gasteiger partial charge in [0.05, 0.1) is 18.1 Å². The molecule has 1 saturated heterocycles. The third-order valence-electron chi connectivity index (χ3n) is 3.91. The number of rotatable bonds is 4. The van der Waals surface area contributed by atoms with Crippen molar-refractivity contribution in [3.8, 4) is 5.75 Å². The zero-order valence-electron chi connectivity index (χ0n) is 13.4. The van der Waals surface area contributed by atoms with Gasteiger partial charge in [0.25, 0.3) is 5.91 Å². The van der Waals surface area contributed by atoms with Gasteiger partial charge in [-0.2, -0.15) is 0 Å². The van der Waals surface area contributed by atoms with Gasteiger partial charge in [-0.15, -0.1) is 0 Å². The van der Waals surface area contributed by atoms with Gasteiger partial charge in [-0.3, -0.25) is 9.69 Å². The van der Waals surface area contributed by atoms with Gasteiger partial charge in [-0.25, -0.2) is 0 Å². The molecular formula is C19H17NO2S2. The van der Waals surface area contributed by atoms with Crippen LogP contribution in [0.25, 0.3) is 6.08 Å². The summed E-state index contributed by atoms with van der Waals surface area (Å²) in [5.41, 5.74) is 2.02. The third kappa shape index (κ3) is 3.37. The zero-order valence-corrected chi connectivity index (χ0v) is 15.1. The number of hydrogen-bond acceptors (Lipinski definition) is 4. The summed E-state index contributed by atoms with van der Waals surface area (Å²) in [7, 11) is 1.63. The lowest BCUT2D eigenvalue weighted by atomic mass is 10.1. The largest absolute Gasteiger partial charge is 0.497 e. The summed E-state index contributed by atoms with van der Waals surface area (Å²) >= 11 is 6.78. The molecule has 0 aliphatic carbocycles. The Labute approximate surface area is 151 Å². The van der Waals surface area contributed by atoms with Gasteiger partial charge in [-0.1, -0.05) is 66.4 Å². The van der Waals surface area contributed by atoms with Gasteiger partial charge in [0, 0.05) is 0 Å². The maximum atomic E-state index is 12.8. The van der Waals surface area contributed by atoms with Crippen LogP contribution in [0.1, 0.15) is 24.1 Å². The maximum Gasteiger partial charge on any atom is 0.266 e. The molecule has 1 unspecified atom stereocenters. The number of thiocarbonyl (C=S) groups is 1. The molecule has 3 rings (SSSR count). The minimum Gasteiger partial charge on any atom is -0.497 e. The van der Waals surface area contributed by atoms with Crippen LogP contribution in [0.5, 0.6) is 5.75 Å². The summed E-state index contributed by atoms with van der Waals surface area (Å²) in [4.78, 5) is 15.1. The van der Waals surface area contributed by atoms with Crippen LogP contribution in [0.2, 0.25) is 0 Å². The number of nitrogens with zero attached hydrogens (tertiary/aromatic N) is 1. The fourth-order valence-electron chi connectivity index (χ4n) is 2.55. The Balaban J connectivity index is 1.84. The van der Waals surface area contributed by atoms with E-state index < -0.39 is 0 Å². The molecule has 1 amide bonds. The fraction of sp³-hybridized carbons (Fsp3) is 0.158. The normalized spacial score (nSPS) is 17.4. The number of benzene rings is 2. The first-order valence-corrected chi connectivity index (χ1v) is 8.78. The molecule has 1 aliphatic rings. The van der Waals surface area contributed by atoms with Crippen molar-refractivity contribution in [2.75, 3.05) is 7.11 Å². The van der Waals surface area contributed by atoms with Crippen molar-refractivity contribution in [1.82, 2.24) is 4.90 Å². The maximum absolute atomic E-state index is 12.8. The SMILES string of the molecule is COc1ccc(/C=C2/SC(=S)N(C(C)c3ccccc3)C2=O)cc1. The Morgan fingerprint density at radius 3 is 2.42 bits per heavy atom. The average molecular weight is 355 g/mol. The molecule has 1 atom stereocenters. The van der Waals surface area contributed by atoms with E-state index in [4.69, 9.17) is 17.0 Å². The quantitative estimate of drug-likeness (QED) is 0.589. The highest BCUT2D eigenvalue weighted by molar-refractivity contribution is 8.26. The summed E-state index contributed by atoms with van der Waals surface area (Å²) in [6.07, 6.45) is 1.87. The van der Waals surface area contributed by atoms with Crippen LogP contribution >= 0.6 is 24.0 Å². The second-order valence-corrected chi connectivity index (χ2v) is 7.09. The molecule has 1 aliphatic heterocycles. The van der Waals surface area contributed by atoms with E-state index in [1.165, 1.54) is 11.8 Å². The molecule has 3 nitrogen and oxygen atoms in total. The van der Waals surface area contributed by atoms with Crippen LogP contribution in [0, 0.1) is 0 Å². The van der Waals surface area contributed by atoms with Crippen molar-refractivity contribution in [3.05, 3.63) is 70.6 Å². The zero-order chi connectivity index (χ0) is 17.1. The monoisotopic (exact) mass is 355 g/mol. The average Bonchev–Trinajstić information content (AvgIpc) is 2.89. The summed E-state index contributed by atoms with van der Waals surface area (Å²) < 4.78 is 5.75. The first-order valence-electron chi connectivity index (χ1n) is 7.56. The molecule has 0 N–H and O–H groups in total. The lowest BCUT2D eigenvalue weighted by Gasteiger charge is -2.23. The number of carbonyl (C=O) groups is 1. The summed E-state index contributed by atoms with van der Waals surface area (Å²) in [6, 6.07) is 17.4. The van der Waals surface area contributed by atoms with Crippen molar-refractivity contribution in [2.45, 2.75) is 13.0 Å². The molecule has 0 spiro atoms. The van der Waals surface area contributed by atoms with Gasteiger partial charge in [-0.05, 0) is 36.3 Å². The van der Waals surface area contributed by atoms with Crippen LogP contribution in [-0.2, 0) is 4.79 Å². The molecule has 1 fully saturated rings. The van der Waals surface area contributed by atoms with E-state index in [-0.39, 0.29) is 11.9 Å². The highest BCUT2D eigenvalue weighted by atomic mass is 32.2. The fourth-order valence-corrected chi connectivity index (χ4v) is 3.96. The minimum absolute atomic E-state index is 0.0443. The molecule has 5 heteroatoms. The Morgan fingerprint density at radius 1 is 1.12 bits per heavy atom. The lowest BCUT2D eigenvalue weighted by Crippen LogP contribution is -2.30. The first-order chi connectivity index (χ1) is 11.6. The minimum atomic E-state index is -0.0829. The Bertz CT molecular complexity index is 785. The van der Waals surface area contributed by atoms with E-state index in [2.05, 4.69) is 0 Å². The number of thioether (sulfide) groups is 1. The highest BCUT2D eigenvalue weighted by Gasteiger charge is 2.35. The van der Waals surface area contributed by atoms with Crippen molar-refractivity contribution >= 4 is 40.3 Å². The Morgan fingerprint density at radius 2 is 1.79 bits per heavy atom. The number of ether oxygens (including phenoxy) is 1. The highest BCUT2D eigenvalue weighted by Crippen LogP contribution is 2.38. The standard InChI is InChI=1S/C19H17NO2S2/c1-13(15-6-4-3-5-7-15)20-18(21)17(24-19(20)23)12-14-8-10-16(22-2)11-9-14/h3-13H,1-2H3/b17-12+. The van der Waals surface area contributed by atoms with Crippen molar-refractivity contribution < 1.29 is 9.53 Å². The molecule has 2 aromatic rings. The predicted octanol–water partition coefficient (Wildman–Crippen LogP) is 4.66. The van der Waals surface area contributed by atoms with Gasteiger partial charge in [0.15, 0.2) is 0 Å². The van der Waals surface area contributed by atoms with Gasteiger partial charge in [0.2, 0.25) is 0 Å². The summed E-state index contributed by atoms with van der Waals surface area (Å²) in [5, 5.41) is 0. The topological polar surface area (TPSA) is 29.5 Å². The molecular weight excluding hydrogens is 338 g/mol. The van der Waals surface area contributed by atoms with Gasteiger partial charge in [0.1, 0.15) is 10.1 Å². The molecule has 1 heterocycles. The van der Waals surface area contributed by atoms with Crippen LogP contribution in [0.4, 0.5) is 0 Å². The third-order valence-corrected chi connectivity index (χ3v) is 5.24. The second kappa shape index (κ2) is 7.20. The van der Waals surface area contributed by atoms with Crippen molar-refractivity contribution in [3.63, 3.8) is 0 Å². The molecule has 0 saturated carbocycles. The van der Waals surface area contributed by atoms with Crippen LogP contribution in [0.3, 0.4) is 0 Å². The first kappa shape index (κ1) is 16.7. The molecule has 0 bridgehead atoms. The second-order valence-electron chi connectivity index (χ2n) is 5.41. The van der Waals surface area contributed by atoms with E-state index in [1.54, 1.807) is 12.0 Å². The number of hydrogen-bond donors (Lipinski definition) is 0. The summed E-state index contributed by atoms with van der Waals surface area (Å²) in [5.74, 6) is 0.745. The lowest BCUT2D eigenvalue weighted by molar-refractivity contribution is -0.123. The van der Waals surface area contributed by atoms with Crippen molar-refractivity contribution in [2.24, 2.45) is 0 Å². The molecule has 24 heavy (non-hydrogen) atoms. The molecule has 122 valence electrons. The van der Waals surface area contributed by atoms with Crippen LogP contribution < -0.4 is 4.74 Å². The van der Waals surface area contributed by atoms with Crippen LogP contribution in [-0.4, -0.2) is 22.2 Å². The van der Waals surface area contributed by atoms with Crippen molar-refractivity contribution in [1.29, 1.82) is 0 Å². The predicted molar refractivity (Wildman–Crippen MR) is 103 cm³/mol. The summed E-state index contributed by atoms with van der Waals surface area (Å²) in [6.45, 7) is 2.00. The van der Waals surface area contributed by atoms with Crippen LogP contribution in [0.15, 0.2) is 59.5 Å². The van der Waals surface area contributed by atoms with E-state index in [9.17, 15) is 4.79 Å². The Hall–Kier alpha value is -2.11. The van der Waals surface area contributed by atoms with E-state index in [0.717, 1.165) is 16.9 Å². The molecule has 0 radical (unpaired) electrons. The van der Waals surface area contributed by atoms with E-state index >= 15 is 0 Å². The van der Waals surface area contributed by atoms with Gasteiger partial charge >= 0.3 is 0 Å². The smallest absolute Gasteiger partial charge is 0.266 e. The molecule has 0 aromatic heterocycles. The number of carbonyl (C=O) groups excluding carboxylic acids is 1. The van der Waals surface area contributed by atoms with Gasteiger partial charge < -0.3 is 4.74 Å². The van der Waals surface area contributed by atoms with E-state index in [0.29, 0.717) is 9.23 Å².